The van der Waals surface area contributed by atoms with Crippen LogP contribution in [0.5, 0.6) is 0 Å². The van der Waals surface area contributed by atoms with Gasteiger partial charge in [0.2, 0.25) is 0 Å². The van der Waals surface area contributed by atoms with Gasteiger partial charge in [-0.1, -0.05) is 32.4 Å². The van der Waals surface area contributed by atoms with Crippen LogP contribution in [0.3, 0.4) is 0 Å². The Labute approximate surface area is 104 Å². The van der Waals surface area contributed by atoms with Crippen LogP contribution in [0.15, 0.2) is 12.1 Å². The number of nitrogens with one attached hydrogen (secondary N) is 1. The van der Waals surface area contributed by atoms with Crippen LogP contribution in [0.25, 0.3) is 0 Å². The van der Waals surface area contributed by atoms with Crippen LogP contribution in [0, 0.1) is 25.6 Å². The molecule has 0 amide bonds. The first-order valence-corrected chi connectivity index (χ1v) is 6.44. The largest absolute Gasteiger partial charge is 0.310 e. The minimum atomic E-state index is -0.0799. The lowest BCUT2D eigenvalue weighted by Crippen LogP contribution is -2.31. The molecule has 0 spiro atoms. The van der Waals surface area contributed by atoms with E-state index < -0.39 is 0 Å². The summed E-state index contributed by atoms with van der Waals surface area (Å²) >= 11 is 0. The van der Waals surface area contributed by atoms with Crippen LogP contribution in [0.2, 0.25) is 0 Å². The zero-order valence-corrected chi connectivity index (χ0v) is 11.6. The molecule has 2 atom stereocenters. The van der Waals surface area contributed by atoms with Gasteiger partial charge in [-0.3, -0.25) is 0 Å². The van der Waals surface area contributed by atoms with Crippen molar-refractivity contribution in [3.05, 3.63) is 34.6 Å². The second-order valence-electron chi connectivity index (χ2n) is 5.10. The van der Waals surface area contributed by atoms with E-state index in [0.29, 0.717) is 12.0 Å². The van der Waals surface area contributed by atoms with E-state index in [0.717, 1.165) is 23.2 Å². The maximum atomic E-state index is 13.5. The zero-order chi connectivity index (χ0) is 13.0. The quantitative estimate of drug-likeness (QED) is 0.817. The van der Waals surface area contributed by atoms with E-state index in [9.17, 15) is 4.39 Å². The highest BCUT2D eigenvalue weighted by atomic mass is 19.1. The smallest absolute Gasteiger partial charge is 0.129 e. The number of hydrogen-bond donors (Lipinski definition) is 1. The fourth-order valence-electron chi connectivity index (χ4n) is 1.97. The van der Waals surface area contributed by atoms with Crippen LogP contribution in [0.4, 0.5) is 4.39 Å². The molecule has 0 aliphatic heterocycles. The van der Waals surface area contributed by atoms with E-state index in [2.05, 4.69) is 26.1 Å². The first-order valence-electron chi connectivity index (χ1n) is 6.44. The summed E-state index contributed by atoms with van der Waals surface area (Å²) in [7, 11) is 0. The Balaban J connectivity index is 2.64. The normalized spacial score (nSPS) is 14.7. The second kappa shape index (κ2) is 6.15. The van der Waals surface area contributed by atoms with Gasteiger partial charge in [0.1, 0.15) is 5.82 Å². The topological polar surface area (TPSA) is 12.0 Å². The molecule has 0 aliphatic rings. The highest BCUT2D eigenvalue weighted by Crippen LogP contribution is 2.15. The molecule has 2 unspecified atom stereocenters. The van der Waals surface area contributed by atoms with Gasteiger partial charge in [-0.2, -0.15) is 0 Å². The molecule has 0 saturated heterocycles. The van der Waals surface area contributed by atoms with Gasteiger partial charge >= 0.3 is 0 Å². The first kappa shape index (κ1) is 14.2. The molecule has 0 fully saturated rings. The summed E-state index contributed by atoms with van der Waals surface area (Å²) in [6, 6.07) is 4.35. The maximum Gasteiger partial charge on any atom is 0.129 e. The van der Waals surface area contributed by atoms with Crippen molar-refractivity contribution in [2.24, 2.45) is 5.92 Å². The second-order valence-corrected chi connectivity index (χ2v) is 5.10. The molecule has 0 saturated carbocycles. The predicted octanol–water partition coefficient (Wildman–Crippen LogP) is 3.97. The first-order chi connectivity index (χ1) is 7.95. The number of benzene rings is 1. The third-order valence-electron chi connectivity index (χ3n) is 3.62. The fraction of sp³-hybridized carbons (Fsp3) is 0.600. The van der Waals surface area contributed by atoms with Gasteiger partial charge < -0.3 is 5.32 Å². The van der Waals surface area contributed by atoms with E-state index >= 15 is 0 Å². The molecule has 0 radical (unpaired) electrons. The van der Waals surface area contributed by atoms with E-state index in [1.807, 2.05) is 26.0 Å². The van der Waals surface area contributed by atoms with Crippen molar-refractivity contribution in [2.45, 2.75) is 53.6 Å². The van der Waals surface area contributed by atoms with Crippen molar-refractivity contribution in [2.75, 3.05) is 0 Å². The van der Waals surface area contributed by atoms with Crippen molar-refractivity contribution < 1.29 is 4.39 Å². The third-order valence-corrected chi connectivity index (χ3v) is 3.62. The average molecular weight is 237 g/mol. The molecule has 1 rings (SSSR count). The summed E-state index contributed by atoms with van der Waals surface area (Å²) in [5.41, 5.74) is 2.63. The predicted molar refractivity (Wildman–Crippen MR) is 71.6 cm³/mol. The molecule has 17 heavy (non-hydrogen) atoms. The lowest BCUT2D eigenvalue weighted by atomic mass is 10.00. The van der Waals surface area contributed by atoms with Gasteiger partial charge in [-0.15, -0.1) is 0 Å². The van der Waals surface area contributed by atoms with Crippen molar-refractivity contribution in [1.82, 2.24) is 5.32 Å². The number of halogens is 1. The monoisotopic (exact) mass is 237 g/mol. The minimum Gasteiger partial charge on any atom is -0.310 e. The summed E-state index contributed by atoms with van der Waals surface area (Å²) in [5.74, 6) is 0.585. The molecular formula is C15H24FN. The molecule has 96 valence electrons. The van der Waals surface area contributed by atoms with Crippen LogP contribution in [-0.4, -0.2) is 6.04 Å². The van der Waals surface area contributed by atoms with Gasteiger partial charge in [0, 0.05) is 12.6 Å². The van der Waals surface area contributed by atoms with Crippen molar-refractivity contribution in [3.8, 4) is 0 Å². The van der Waals surface area contributed by atoms with Crippen molar-refractivity contribution in [3.63, 3.8) is 0 Å². The van der Waals surface area contributed by atoms with E-state index in [-0.39, 0.29) is 5.82 Å². The molecule has 0 aliphatic carbocycles. The van der Waals surface area contributed by atoms with Crippen LogP contribution < -0.4 is 5.32 Å². The Morgan fingerprint density at radius 2 is 1.71 bits per heavy atom. The maximum absolute atomic E-state index is 13.5. The van der Waals surface area contributed by atoms with Gasteiger partial charge in [0.15, 0.2) is 0 Å². The third kappa shape index (κ3) is 3.81. The molecule has 0 bridgehead atoms. The zero-order valence-electron chi connectivity index (χ0n) is 11.6. The van der Waals surface area contributed by atoms with E-state index in [1.165, 1.54) is 6.42 Å². The van der Waals surface area contributed by atoms with Gasteiger partial charge in [0.25, 0.3) is 0 Å². The van der Waals surface area contributed by atoms with Gasteiger partial charge in [-0.05, 0) is 43.4 Å². The minimum absolute atomic E-state index is 0.0799. The fourth-order valence-corrected chi connectivity index (χ4v) is 1.97. The highest BCUT2D eigenvalue weighted by molar-refractivity contribution is 5.30. The standard InChI is InChI=1S/C15H24FN/c1-6-10(2)13(5)17-9-14-7-11(3)15(16)12(4)8-14/h7-8,10,13,17H,6,9H2,1-5H3. The van der Waals surface area contributed by atoms with E-state index in [1.54, 1.807) is 0 Å². The molecule has 0 aromatic heterocycles. The Bertz CT molecular complexity index is 350. The Morgan fingerprint density at radius 1 is 1.18 bits per heavy atom. The average Bonchev–Trinajstić information content (AvgIpc) is 2.31. The molecule has 1 aromatic rings. The SMILES string of the molecule is CCC(C)C(C)NCc1cc(C)c(F)c(C)c1. The highest BCUT2D eigenvalue weighted by Gasteiger charge is 2.10. The number of hydrogen-bond acceptors (Lipinski definition) is 1. The van der Waals surface area contributed by atoms with Crippen LogP contribution >= 0.6 is 0 Å². The van der Waals surface area contributed by atoms with Crippen LogP contribution in [-0.2, 0) is 6.54 Å². The summed E-state index contributed by atoms with van der Waals surface area (Å²) in [6.07, 6.45) is 1.18. The Morgan fingerprint density at radius 3 is 2.18 bits per heavy atom. The molecular weight excluding hydrogens is 213 g/mol. The van der Waals surface area contributed by atoms with E-state index in [4.69, 9.17) is 0 Å². The molecule has 1 aromatic carbocycles. The van der Waals surface area contributed by atoms with Gasteiger partial charge in [0.05, 0.1) is 0 Å². The molecule has 0 heterocycles. The molecule has 1 N–H and O–H groups in total. The summed E-state index contributed by atoms with van der Waals surface area (Å²) in [6.45, 7) is 11.1. The Hall–Kier alpha value is -0.890. The van der Waals surface area contributed by atoms with Crippen molar-refractivity contribution >= 4 is 0 Å². The van der Waals surface area contributed by atoms with Crippen LogP contribution in [0.1, 0.15) is 43.9 Å². The van der Waals surface area contributed by atoms with Crippen molar-refractivity contribution in [1.29, 1.82) is 0 Å². The lowest BCUT2D eigenvalue weighted by molar-refractivity contribution is 0.389. The summed E-state index contributed by atoms with van der Waals surface area (Å²) in [4.78, 5) is 0. The summed E-state index contributed by atoms with van der Waals surface area (Å²) in [5, 5.41) is 3.50. The molecule has 1 nitrogen and oxygen atoms in total. The number of aryl methyl sites for hydroxylation is 2. The van der Waals surface area contributed by atoms with Gasteiger partial charge in [-0.25, -0.2) is 4.39 Å². The summed E-state index contributed by atoms with van der Waals surface area (Å²) < 4.78 is 13.5. The lowest BCUT2D eigenvalue weighted by Gasteiger charge is -2.20. The Kier molecular flexibility index (Phi) is 5.13. The number of rotatable bonds is 5. The molecule has 2 heteroatoms.